The number of para-hydroxylation sites is 2. The summed E-state index contributed by atoms with van der Waals surface area (Å²) in [6, 6.07) is 12.8. The van der Waals surface area contributed by atoms with Gasteiger partial charge in [0.2, 0.25) is 0 Å². The molecule has 1 heterocycles. The van der Waals surface area contributed by atoms with E-state index in [1.807, 2.05) is 12.1 Å². The standard InChI is InChI=1S/C19H24N3O.Zr/c1-13-11-14(2)18(15(3)12-13)22-10-9-21(19(22)20)16-7-5-6-8-17(16)23-4;/h5-8,11-12,19-20H,9-10H2,1-4H3;/q-1;+1. The molecule has 0 saturated carbocycles. The minimum atomic E-state index is 0.152. The maximum absolute atomic E-state index is 5.57. The number of anilines is 2. The van der Waals surface area contributed by atoms with Gasteiger partial charge in [-0.05, 0) is 0 Å². The molecule has 0 radical (unpaired) electrons. The number of methoxy groups -OCH3 is 1. The van der Waals surface area contributed by atoms with Crippen molar-refractivity contribution in [2.45, 2.75) is 27.1 Å². The fourth-order valence-corrected chi connectivity index (χ4v) is 4.53. The van der Waals surface area contributed by atoms with Crippen molar-refractivity contribution in [2.75, 3.05) is 30.0 Å². The third-order valence-corrected chi connectivity index (χ3v) is 5.25. The van der Waals surface area contributed by atoms with Crippen LogP contribution in [0, 0.1) is 20.8 Å². The zero-order valence-electron chi connectivity index (χ0n) is 14.8. The summed E-state index contributed by atoms with van der Waals surface area (Å²) >= 11 is 1.31. The molecule has 2 aromatic rings. The number of aryl methyl sites for hydroxylation is 3. The van der Waals surface area contributed by atoms with Crippen LogP contribution in [-0.2, 0) is 25.0 Å². The molecule has 4 nitrogen and oxygen atoms in total. The van der Waals surface area contributed by atoms with E-state index in [9.17, 15) is 0 Å². The molecule has 0 amide bonds. The predicted molar refractivity (Wildman–Crippen MR) is 95.3 cm³/mol. The maximum atomic E-state index is 5.57. The van der Waals surface area contributed by atoms with Crippen LogP contribution in [0.2, 0.25) is 0 Å². The summed E-state index contributed by atoms with van der Waals surface area (Å²) < 4.78 is 9.14. The van der Waals surface area contributed by atoms with Gasteiger partial charge >= 0.3 is 160 Å². The number of benzene rings is 2. The van der Waals surface area contributed by atoms with E-state index < -0.39 is 0 Å². The number of ether oxygens (including phenoxy) is 1. The molecule has 1 saturated heterocycles. The zero-order valence-corrected chi connectivity index (χ0v) is 17.2. The molecule has 125 valence electrons. The Kier molecular flexibility index (Phi) is 5.31. The van der Waals surface area contributed by atoms with E-state index >= 15 is 0 Å². The van der Waals surface area contributed by atoms with Crippen molar-refractivity contribution in [3.63, 3.8) is 0 Å². The summed E-state index contributed by atoms with van der Waals surface area (Å²) in [5, 5.41) is 0. The average molecular weight is 402 g/mol. The molecule has 0 aromatic heterocycles. The van der Waals surface area contributed by atoms with Crippen molar-refractivity contribution in [3.8, 4) is 5.75 Å². The Bertz CT molecular complexity index is 711. The van der Waals surface area contributed by atoms with Crippen molar-refractivity contribution >= 4 is 11.4 Å². The van der Waals surface area contributed by atoms with Gasteiger partial charge in [-0.25, -0.2) is 0 Å². The van der Waals surface area contributed by atoms with Crippen LogP contribution in [0.1, 0.15) is 16.7 Å². The summed E-state index contributed by atoms with van der Waals surface area (Å²) in [6.45, 7) is 8.55. The van der Waals surface area contributed by atoms with E-state index in [0.29, 0.717) is 0 Å². The number of hydrogen-bond acceptors (Lipinski definition) is 4. The van der Waals surface area contributed by atoms with E-state index in [1.54, 1.807) is 7.11 Å². The molecule has 5 heteroatoms. The number of nitrogens with one attached hydrogen (secondary N) is 1. The molecule has 1 fully saturated rings. The van der Waals surface area contributed by atoms with E-state index in [-0.39, 0.29) is 6.29 Å². The number of hydrogen-bond donors (Lipinski definition) is 1. The summed E-state index contributed by atoms with van der Waals surface area (Å²) in [5.41, 5.74) is 6.49. The molecule has 1 aliphatic heterocycles. The quantitative estimate of drug-likeness (QED) is 0.851. The molecular formula is C19H24N3OZr. The molecule has 3 rings (SSSR count). The average Bonchev–Trinajstić information content (AvgIpc) is 2.97. The topological polar surface area (TPSA) is 27.7 Å². The zero-order chi connectivity index (χ0) is 17.3. The fourth-order valence-electron chi connectivity index (χ4n) is 3.76. The second-order valence-electron chi connectivity index (χ2n) is 6.32. The van der Waals surface area contributed by atoms with Crippen LogP contribution in [0.5, 0.6) is 5.75 Å². The Morgan fingerprint density at radius 1 is 1.04 bits per heavy atom. The van der Waals surface area contributed by atoms with Crippen LogP contribution >= 0.6 is 0 Å². The first-order chi connectivity index (χ1) is 11.6. The first-order valence-electron chi connectivity index (χ1n) is 8.23. The molecule has 0 bridgehead atoms. The van der Waals surface area contributed by atoms with Gasteiger partial charge in [-0.1, -0.05) is 0 Å². The van der Waals surface area contributed by atoms with Crippen molar-refractivity contribution in [1.82, 2.24) is 3.26 Å². The molecule has 24 heavy (non-hydrogen) atoms. The van der Waals surface area contributed by atoms with Crippen LogP contribution in [0.4, 0.5) is 11.4 Å². The van der Waals surface area contributed by atoms with Crippen molar-refractivity contribution < 1.29 is 29.7 Å². The Morgan fingerprint density at radius 3 is 2.29 bits per heavy atom. The monoisotopic (exact) mass is 400 g/mol. The first-order valence-corrected chi connectivity index (χ1v) is 9.46. The SMILES string of the molecule is COc1ccccc1N1CCN(c2c(C)cc(C)cc2C)C1[NH][Zr]. The van der Waals surface area contributed by atoms with E-state index in [0.717, 1.165) is 24.5 Å². The fraction of sp³-hybridized carbons (Fsp3) is 0.368. The summed E-state index contributed by atoms with van der Waals surface area (Å²) in [7, 11) is 1.74. The van der Waals surface area contributed by atoms with Gasteiger partial charge < -0.3 is 0 Å². The van der Waals surface area contributed by atoms with E-state index in [2.05, 4.69) is 58.1 Å². The summed E-state index contributed by atoms with van der Waals surface area (Å²) in [4.78, 5) is 4.87. The van der Waals surface area contributed by atoms with E-state index in [4.69, 9.17) is 4.74 Å². The Labute approximate surface area is 160 Å². The second kappa shape index (κ2) is 7.28. The number of nitrogens with zero attached hydrogens (tertiary/aromatic N) is 2. The first kappa shape index (κ1) is 17.5. The van der Waals surface area contributed by atoms with E-state index in [1.165, 1.54) is 47.4 Å². The second-order valence-corrected chi connectivity index (χ2v) is 7.03. The summed E-state index contributed by atoms with van der Waals surface area (Å²) in [5.74, 6) is 0.924. The van der Waals surface area contributed by atoms with Gasteiger partial charge in [-0.3, -0.25) is 0 Å². The van der Waals surface area contributed by atoms with Crippen molar-refractivity contribution in [1.29, 1.82) is 0 Å². The van der Waals surface area contributed by atoms with Gasteiger partial charge in [-0.15, -0.1) is 0 Å². The van der Waals surface area contributed by atoms with Crippen molar-refractivity contribution in [2.24, 2.45) is 0 Å². The normalized spacial score (nSPS) is 17.4. The molecular weight excluding hydrogens is 377 g/mol. The molecule has 0 spiro atoms. The molecule has 1 unspecified atom stereocenters. The van der Waals surface area contributed by atoms with Gasteiger partial charge in [-0.2, -0.15) is 0 Å². The van der Waals surface area contributed by atoms with Crippen LogP contribution in [0.3, 0.4) is 0 Å². The Hall–Kier alpha value is -1.32. The van der Waals surface area contributed by atoms with Gasteiger partial charge in [0.25, 0.3) is 0 Å². The van der Waals surface area contributed by atoms with Crippen LogP contribution in [-0.4, -0.2) is 26.5 Å². The molecule has 0 aliphatic carbocycles. The van der Waals surface area contributed by atoms with Gasteiger partial charge in [0.1, 0.15) is 0 Å². The third kappa shape index (κ3) is 3.12. The Morgan fingerprint density at radius 2 is 1.67 bits per heavy atom. The van der Waals surface area contributed by atoms with Crippen LogP contribution in [0.25, 0.3) is 0 Å². The van der Waals surface area contributed by atoms with Crippen LogP contribution < -0.4 is 17.8 Å². The molecule has 1 aliphatic rings. The Balaban J connectivity index is 1.99. The number of rotatable bonds is 4. The molecule has 1 atom stereocenters. The van der Waals surface area contributed by atoms with Gasteiger partial charge in [0.15, 0.2) is 0 Å². The predicted octanol–water partition coefficient (Wildman–Crippen LogP) is 3.28. The van der Waals surface area contributed by atoms with Gasteiger partial charge in [0, 0.05) is 0 Å². The van der Waals surface area contributed by atoms with Crippen molar-refractivity contribution in [3.05, 3.63) is 53.1 Å². The van der Waals surface area contributed by atoms with Crippen LogP contribution in [0.15, 0.2) is 36.4 Å². The molecule has 1 N–H and O–H groups in total. The third-order valence-electron chi connectivity index (χ3n) is 4.62. The summed E-state index contributed by atoms with van der Waals surface area (Å²) in [6.07, 6.45) is 0.152. The molecule has 2 aromatic carbocycles. The van der Waals surface area contributed by atoms with Gasteiger partial charge in [0.05, 0.1) is 0 Å². The minimum absolute atomic E-state index is 0.152.